The van der Waals surface area contributed by atoms with Crippen molar-refractivity contribution in [1.82, 2.24) is 0 Å². The summed E-state index contributed by atoms with van der Waals surface area (Å²) in [4.78, 5) is 10.2. The zero-order valence-corrected chi connectivity index (χ0v) is 9.54. The molecule has 17 heavy (non-hydrogen) atoms. The number of hydrogen-bond acceptors (Lipinski definition) is 4. The highest BCUT2D eigenvalue weighted by Crippen LogP contribution is 2.28. The third-order valence-corrected chi connectivity index (χ3v) is 3.21. The molecule has 0 spiro atoms. The van der Waals surface area contributed by atoms with Gasteiger partial charge in [0.1, 0.15) is 0 Å². The summed E-state index contributed by atoms with van der Waals surface area (Å²) in [7, 11) is 0. The average Bonchev–Trinajstić information content (AvgIpc) is 2.39. The SMILES string of the molecule is NCC1CCC(c2ccc([N+](=O)[O-])cc2)CO1. The number of hydrogen-bond donors (Lipinski definition) is 1. The van der Waals surface area contributed by atoms with Gasteiger partial charge >= 0.3 is 0 Å². The fraction of sp³-hybridized carbons (Fsp3) is 0.500. The molecule has 1 heterocycles. The molecule has 1 saturated heterocycles. The minimum absolute atomic E-state index is 0.130. The van der Waals surface area contributed by atoms with Gasteiger partial charge in [-0.05, 0) is 18.4 Å². The summed E-state index contributed by atoms with van der Waals surface area (Å²) >= 11 is 0. The molecular weight excluding hydrogens is 220 g/mol. The van der Waals surface area contributed by atoms with Crippen LogP contribution in [-0.4, -0.2) is 24.2 Å². The number of nitro benzene ring substituents is 1. The first-order chi connectivity index (χ1) is 8.20. The third-order valence-electron chi connectivity index (χ3n) is 3.21. The highest BCUT2D eigenvalue weighted by molar-refractivity contribution is 5.34. The number of benzene rings is 1. The zero-order chi connectivity index (χ0) is 12.3. The van der Waals surface area contributed by atoms with Crippen LogP contribution in [0.1, 0.15) is 24.3 Å². The van der Waals surface area contributed by atoms with Crippen LogP contribution in [0, 0.1) is 10.1 Å². The minimum Gasteiger partial charge on any atom is -0.376 e. The summed E-state index contributed by atoms with van der Waals surface area (Å²) in [5.41, 5.74) is 6.77. The van der Waals surface area contributed by atoms with E-state index in [1.165, 1.54) is 0 Å². The standard InChI is InChI=1S/C12H16N2O3/c13-7-12-6-3-10(8-17-12)9-1-4-11(5-2-9)14(15)16/h1-2,4-5,10,12H,3,6-8,13H2. The quantitative estimate of drug-likeness (QED) is 0.641. The van der Waals surface area contributed by atoms with Gasteiger partial charge in [-0.15, -0.1) is 0 Å². The largest absolute Gasteiger partial charge is 0.376 e. The molecule has 1 aliphatic rings. The van der Waals surface area contributed by atoms with Gasteiger partial charge in [0.15, 0.2) is 0 Å². The lowest BCUT2D eigenvalue weighted by Gasteiger charge is -2.28. The van der Waals surface area contributed by atoms with E-state index in [0.717, 1.165) is 18.4 Å². The van der Waals surface area contributed by atoms with Crippen LogP contribution in [0.5, 0.6) is 0 Å². The van der Waals surface area contributed by atoms with Gasteiger partial charge in [0.2, 0.25) is 0 Å². The van der Waals surface area contributed by atoms with Gasteiger partial charge in [-0.1, -0.05) is 12.1 Å². The van der Waals surface area contributed by atoms with E-state index in [2.05, 4.69) is 0 Å². The molecule has 1 aromatic carbocycles. The molecule has 92 valence electrons. The van der Waals surface area contributed by atoms with E-state index in [4.69, 9.17) is 10.5 Å². The van der Waals surface area contributed by atoms with Crippen molar-refractivity contribution in [2.75, 3.05) is 13.2 Å². The Morgan fingerprint density at radius 1 is 1.35 bits per heavy atom. The number of ether oxygens (including phenoxy) is 1. The van der Waals surface area contributed by atoms with Crippen LogP contribution in [-0.2, 0) is 4.74 Å². The van der Waals surface area contributed by atoms with Crippen molar-refractivity contribution in [2.24, 2.45) is 5.73 Å². The molecule has 0 radical (unpaired) electrons. The topological polar surface area (TPSA) is 78.4 Å². The molecule has 1 aromatic rings. The van der Waals surface area contributed by atoms with Gasteiger partial charge in [0.05, 0.1) is 17.6 Å². The molecular formula is C12H16N2O3. The normalized spacial score (nSPS) is 24.5. The number of rotatable bonds is 3. The van der Waals surface area contributed by atoms with Gasteiger partial charge in [-0.2, -0.15) is 0 Å². The van der Waals surface area contributed by atoms with Crippen molar-refractivity contribution in [3.63, 3.8) is 0 Å². The molecule has 2 rings (SSSR count). The van der Waals surface area contributed by atoms with Crippen LogP contribution < -0.4 is 5.73 Å². The van der Waals surface area contributed by atoms with Gasteiger partial charge in [-0.25, -0.2) is 0 Å². The van der Waals surface area contributed by atoms with Gasteiger partial charge in [0.25, 0.3) is 5.69 Å². The zero-order valence-electron chi connectivity index (χ0n) is 9.54. The lowest BCUT2D eigenvalue weighted by Crippen LogP contribution is -2.30. The predicted octanol–water partition coefficient (Wildman–Crippen LogP) is 1.82. The second kappa shape index (κ2) is 5.25. The first-order valence-electron chi connectivity index (χ1n) is 5.76. The third kappa shape index (κ3) is 2.81. The monoisotopic (exact) mass is 236 g/mol. The van der Waals surface area contributed by atoms with Gasteiger partial charge in [0, 0.05) is 24.6 Å². The van der Waals surface area contributed by atoms with E-state index < -0.39 is 0 Å². The molecule has 1 aliphatic heterocycles. The van der Waals surface area contributed by atoms with E-state index in [9.17, 15) is 10.1 Å². The molecule has 2 unspecified atom stereocenters. The Labute approximate surface area is 99.7 Å². The van der Waals surface area contributed by atoms with Gasteiger partial charge < -0.3 is 10.5 Å². The Morgan fingerprint density at radius 2 is 2.06 bits per heavy atom. The lowest BCUT2D eigenvalue weighted by atomic mass is 9.91. The summed E-state index contributed by atoms with van der Waals surface area (Å²) in [6.45, 7) is 1.21. The first kappa shape index (κ1) is 12.0. The van der Waals surface area contributed by atoms with Crippen LogP contribution in [0.2, 0.25) is 0 Å². The molecule has 1 fully saturated rings. The molecule has 2 N–H and O–H groups in total. The molecule has 0 saturated carbocycles. The second-order valence-corrected chi connectivity index (χ2v) is 4.31. The van der Waals surface area contributed by atoms with Crippen molar-refractivity contribution in [2.45, 2.75) is 24.9 Å². The molecule has 0 aromatic heterocycles. The Morgan fingerprint density at radius 3 is 2.53 bits per heavy atom. The highest BCUT2D eigenvalue weighted by Gasteiger charge is 2.22. The van der Waals surface area contributed by atoms with Crippen LogP contribution >= 0.6 is 0 Å². The summed E-state index contributed by atoms with van der Waals surface area (Å²) in [5, 5.41) is 10.5. The number of non-ortho nitro benzene ring substituents is 1. The Balaban J connectivity index is 2.01. The Kier molecular flexibility index (Phi) is 3.71. The Hall–Kier alpha value is -1.46. The van der Waals surface area contributed by atoms with Crippen molar-refractivity contribution in [1.29, 1.82) is 0 Å². The van der Waals surface area contributed by atoms with Crippen LogP contribution in [0.4, 0.5) is 5.69 Å². The summed E-state index contributed by atoms with van der Waals surface area (Å²) in [5.74, 6) is 0.332. The minimum atomic E-state index is -0.383. The summed E-state index contributed by atoms with van der Waals surface area (Å²) in [6, 6.07) is 6.72. The van der Waals surface area contributed by atoms with Crippen LogP contribution in [0.15, 0.2) is 24.3 Å². The average molecular weight is 236 g/mol. The molecule has 0 aliphatic carbocycles. The molecule has 2 atom stereocenters. The smallest absolute Gasteiger partial charge is 0.269 e. The molecule has 0 bridgehead atoms. The van der Waals surface area contributed by atoms with Crippen molar-refractivity contribution in [3.8, 4) is 0 Å². The first-order valence-corrected chi connectivity index (χ1v) is 5.76. The van der Waals surface area contributed by atoms with Gasteiger partial charge in [-0.3, -0.25) is 10.1 Å². The van der Waals surface area contributed by atoms with E-state index in [-0.39, 0.29) is 16.7 Å². The molecule has 5 nitrogen and oxygen atoms in total. The highest BCUT2D eigenvalue weighted by atomic mass is 16.6. The number of nitrogens with zero attached hydrogens (tertiary/aromatic N) is 1. The van der Waals surface area contributed by atoms with Crippen molar-refractivity contribution >= 4 is 5.69 Å². The maximum atomic E-state index is 10.5. The van der Waals surface area contributed by atoms with Crippen LogP contribution in [0.25, 0.3) is 0 Å². The van der Waals surface area contributed by atoms with E-state index in [1.54, 1.807) is 12.1 Å². The predicted molar refractivity (Wildman–Crippen MR) is 63.9 cm³/mol. The van der Waals surface area contributed by atoms with E-state index in [1.807, 2.05) is 12.1 Å². The van der Waals surface area contributed by atoms with E-state index in [0.29, 0.717) is 19.1 Å². The summed E-state index contributed by atoms with van der Waals surface area (Å²) < 4.78 is 5.61. The second-order valence-electron chi connectivity index (χ2n) is 4.31. The lowest BCUT2D eigenvalue weighted by molar-refractivity contribution is -0.384. The number of nitrogens with two attached hydrogens (primary N) is 1. The fourth-order valence-corrected chi connectivity index (χ4v) is 2.12. The maximum Gasteiger partial charge on any atom is 0.269 e. The van der Waals surface area contributed by atoms with E-state index >= 15 is 0 Å². The molecule has 5 heteroatoms. The van der Waals surface area contributed by atoms with Crippen LogP contribution in [0.3, 0.4) is 0 Å². The summed E-state index contributed by atoms with van der Waals surface area (Å²) in [6.07, 6.45) is 2.15. The number of nitro groups is 1. The maximum absolute atomic E-state index is 10.5. The Bertz CT molecular complexity index is 383. The molecule has 0 amide bonds. The van der Waals surface area contributed by atoms with Crippen molar-refractivity contribution in [3.05, 3.63) is 39.9 Å². The fourth-order valence-electron chi connectivity index (χ4n) is 2.12. The van der Waals surface area contributed by atoms with Crippen molar-refractivity contribution < 1.29 is 9.66 Å².